The summed E-state index contributed by atoms with van der Waals surface area (Å²) in [5.41, 5.74) is -1.75. The Hall–Kier alpha value is -4.15. The van der Waals surface area contributed by atoms with Crippen LogP contribution in [0.2, 0.25) is 0 Å². The first-order valence-corrected chi connectivity index (χ1v) is 13.6. The molecule has 14 nitrogen and oxygen atoms in total. The van der Waals surface area contributed by atoms with Gasteiger partial charge in [-0.05, 0) is 39.5 Å². The normalized spacial score (nSPS) is 20.2. The van der Waals surface area contributed by atoms with Crippen LogP contribution in [-0.2, 0) is 14.4 Å². The second-order valence-corrected chi connectivity index (χ2v) is 10.9. The average Bonchev–Trinajstić information content (AvgIpc) is 3.65. The molecule has 1 unspecified atom stereocenters. The molecule has 1 saturated heterocycles. The van der Waals surface area contributed by atoms with Crippen molar-refractivity contribution >= 4 is 29.6 Å². The Kier molecular flexibility index (Phi) is 10.1. The number of aliphatic carboxylic acids is 3. The van der Waals surface area contributed by atoms with E-state index in [-0.39, 0.29) is 30.5 Å². The number of carbonyl (C=O) groups excluding carboxylic acids is 1. The lowest BCUT2D eigenvalue weighted by molar-refractivity contribution is -0.173. The fourth-order valence-electron chi connectivity index (χ4n) is 5.03. The number of anilines is 1. The third-order valence-electron chi connectivity index (χ3n) is 7.30. The molecule has 4 heterocycles. The molecule has 0 bridgehead atoms. The van der Waals surface area contributed by atoms with Gasteiger partial charge in [-0.25, -0.2) is 9.48 Å². The number of nitrogens with one attached hydrogen (secondary N) is 1. The van der Waals surface area contributed by atoms with Crippen LogP contribution in [0.15, 0.2) is 18.5 Å². The summed E-state index contributed by atoms with van der Waals surface area (Å²) in [6.45, 7) is 6.37. The van der Waals surface area contributed by atoms with Crippen LogP contribution in [0.3, 0.4) is 0 Å². The number of carbonyl (C=O) groups is 4. The minimum absolute atomic E-state index is 0.0458. The average molecular weight is 617 g/mol. The predicted molar refractivity (Wildman–Crippen MR) is 142 cm³/mol. The second kappa shape index (κ2) is 13.0. The van der Waals surface area contributed by atoms with Crippen molar-refractivity contribution in [3.05, 3.63) is 29.7 Å². The van der Waals surface area contributed by atoms with Crippen molar-refractivity contribution in [1.29, 1.82) is 0 Å². The topological polar surface area (TPSA) is 200 Å². The summed E-state index contributed by atoms with van der Waals surface area (Å²) in [5.74, 6) is -4.81. The number of carboxylic acids is 3. The van der Waals surface area contributed by atoms with Gasteiger partial charge in [0.15, 0.2) is 11.6 Å². The largest absolute Gasteiger partial charge is 0.481 e. The maximum absolute atomic E-state index is 13.6. The second-order valence-electron chi connectivity index (χ2n) is 10.9. The van der Waals surface area contributed by atoms with Gasteiger partial charge < -0.3 is 30.6 Å². The number of hydrogen-bond donors (Lipinski definition) is 5. The summed E-state index contributed by atoms with van der Waals surface area (Å²) < 4.78 is 43.7. The van der Waals surface area contributed by atoms with Gasteiger partial charge in [-0.2, -0.15) is 23.4 Å². The first kappa shape index (κ1) is 33.4. The number of likely N-dealkylation sites (tertiary alicyclic amines) is 1. The number of amides is 1. The van der Waals surface area contributed by atoms with E-state index in [1.165, 1.54) is 0 Å². The Balaban J connectivity index is 0.000000331. The quantitative estimate of drug-likeness (QED) is 0.277. The highest BCUT2D eigenvalue weighted by atomic mass is 19.4. The fourth-order valence-corrected chi connectivity index (χ4v) is 5.03. The van der Waals surface area contributed by atoms with Crippen molar-refractivity contribution < 1.29 is 52.8 Å². The molecule has 0 spiro atoms. The van der Waals surface area contributed by atoms with E-state index in [2.05, 4.69) is 15.5 Å². The fraction of sp³-hybridized carbons (Fsp3) is 0.615. The van der Waals surface area contributed by atoms with Crippen molar-refractivity contribution in [3.8, 4) is 0 Å². The van der Waals surface area contributed by atoms with Crippen LogP contribution in [0.4, 0.5) is 19.0 Å². The lowest BCUT2D eigenvalue weighted by atomic mass is 9.96. The van der Waals surface area contributed by atoms with E-state index in [1.54, 1.807) is 28.0 Å². The number of carboxylic acid groups (broad SMARTS) is 3. The van der Waals surface area contributed by atoms with E-state index in [0.717, 1.165) is 11.1 Å². The van der Waals surface area contributed by atoms with E-state index in [9.17, 15) is 32.3 Å². The highest BCUT2D eigenvalue weighted by Crippen LogP contribution is 2.42. The molecule has 2 aromatic heterocycles. The van der Waals surface area contributed by atoms with Gasteiger partial charge in [-0.3, -0.25) is 19.1 Å². The third kappa shape index (κ3) is 7.82. The number of halogens is 3. The van der Waals surface area contributed by atoms with Crippen molar-refractivity contribution in [2.75, 3.05) is 11.9 Å². The summed E-state index contributed by atoms with van der Waals surface area (Å²) in [4.78, 5) is 45.3. The number of rotatable bonds is 9. The van der Waals surface area contributed by atoms with Gasteiger partial charge in [0.25, 0.3) is 5.91 Å². The van der Waals surface area contributed by atoms with Crippen LogP contribution < -0.4 is 5.32 Å². The van der Waals surface area contributed by atoms with Crippen molar-refractivity contribution in [3.63, 3.8) is 0 Å². The zero-order valence-corrected chi connectivity index (χ0v) is 23.8. The van der Waals surface area contributed by atoms with Gasteiger partial charge in [0.2, 0.25) is 0 Å². The molecule has 5 N–H and O–H groups in total. The Morgan fingerprint density at radius 2 is 1.74 bits per heavy atom. The van der Waals surface area contributed by atoms with Crippen LogP contribution in [0.1, 0.15) is 93.5 Å². The first-order valence-electron chi connectivity index (χ1n) is 13.6. The van der Waals surface area contributed by atoms with Crippen LogP contribution in [0.5, 0.6) is 0 Å². The van der Waals surface area contributed by atoms with Crippen LogP contribution >= 0.6 is 0 Å². The summed E-state index contributed by atoms with van der Waals surface area (Å²) >= 11 is 0. The maximum atomic E-state index is 13.6. The molecule has 17 heteroatoms. The molecule has 0 saturated carbocycles. The lowest BCUT2D eigenvalue weighted by Crippen LogP contribution is -2.42. The minimum Gasteiger partial charge on any atom is -0.481 e. The number of aliphatic hydroxyl groups is 1. The zero-order chi connectivity index (χ0) is 32.3. The Morgan fingerprint density at radius 3 is 2.23 bits per heavy atom. The van der Waals surface area contributed by atoms with Gasteiger partial charge >= 0.3 is 24.1 Å². The minimum atomic E-state index is -4.37. The van der Waals surface area contributed by atoms with Gasteiger partial charge in [-0.15, -0.1) is 0 Å². The molecule has 238 valence electrons. The van der Waals surface area contributed by atoms with E-state index in [1.807, 2.05) is 20.8 Å². The summed E-state index contributed by atoms with van der Waals surface area (Å²) in [6.07, 6.45) is -1.39. The number of hydrogen-bond acceptors (Lipinski definition) is 8. The molecule has 2 aliphatic rings. The van der Waals surface area contributed by atoms with Crippen molar-refractivity contribution in [1.82, 2.24) is 24.5 Å². The Morgan fingerprint density at radius 1 is 1.12 bits per heavy atom. The molecule has 0 aliphatic carbocycles. The number of nitrogens with zero attached hydrogens (tertiary/aromatic N) is 5. The van der Waals surface area contributed by atoms with Crippen LogP contribution in [0, 0.1) is 0 Å². The first-order chi connectivity index (χ1) is 20.0. The summed E-state index contributed by atoms with van der Waals surface area (Å²) in [6, 6.07) is -0.431. The third-order valence-corrected chi connectivity index (χ3v) is 7.30. The zero-order valence-electron chi connectivity index (χ0n) is 23.8. The van der Waals surface area contributed by atoms with Gasteiger partial charge in [0.05, 0.1) is 36.3 Å². The number of fused-ring (bicyclic) bond motifs is 1. The highest BCUT2D eigenvalue weighted by Gasteiger charge is 2.47. The van der Waals surface area contributed by atoms with Gasteiger partial charge in [0, 0.05) is 30.9 Å². The molecule has 3 atom stereocenters. The molecule has 1 fully saturated rings. The molecule has 1 amide bonds. The van der Waals surface area contributed by atoms with E-state index >= 15 is 0 Å². The molecular weight excluding hydrogens is 581 g/mol. The molecular formula is C26H35F3N6O8. The van der Waals surface area contributed by atoms with E-state index in [4.69, 9.17) is 20.4 Å². The highest BCUT2D eigenvalue weighted by molar-refractivity contribution is 5.94. The lowest BCUT2D eigenvalue weighted by Gasteiger charge is -2.32. The van der Waals surface area contributed by atoms with Crippen LogP contribution in [0.25, 0.3) is 0 Å². The molecule has 0 radical (unpaired) electrons. The SMILES string of the molecule is CC[C@@H]1C[C@H](C(F)(F)F)n2nc(C3CCCN3C(=O)c3cnn(C(C)C)c3)cc2N1.O=C(O)CC(O)(CC(=O)O)C(=O)O. The smallest absolute Gasteiger partial charge is 0.410 e. The number of alkyl halides is 3. The van der Waals surface area contributed by atoms with Gasteiger partial charge in [0.1, 0.15) is 5.82 Å². The van der Waals surface area contributed by atoms with Crippen molar-refractivity contribution in [2.45, 2.75) is 95.2 Å². The Bertz CT molecular complexity index is 1320. The number of aromatic nitrogens is 4. The van der Waals surface area contributed by atoms with E-state index in [0.29, 0.717) is 36.5 Å². The van der Waals surface area contributed by atoms with Crippen LogP contribution in [-0.4, -0.2) is 93.1 Å². The molecule has 43 heavy (non-hydrogen) atoms. The maximum Gasteiger partial charge on any atom is 0.410 e. The Labute approximate surface area is 244 Å². The van der Waals surface area contributed by atoms with E-state index < -0.39 is 48.6 Å². The van der Waals surface area contributed by atoms with Gasteiger partial charge in [-0.1, -0.05) is 6.92 Å². The molecule has 2 aromatic rings. The summed E-state index contributed by atoms with van der Waals surface area (Å²) in [7, 11) is 0. The summed E-state index contributed by atoms with van der Waals surface area (Å²) in [5, 5.41) is 45.5. The molecule has 2 aliphatic heterocycles. The monoisotopic (exact) mass is 616 g/mol. The predicted octanol–water partition coefficient (Wildman–Crippen LogP) is 3.09. The molecule has 4 rings (SSSR count). The molecule has 0 aromatic carbocycles. The standard InChI is InChI=1S/C20H27F3N6O.C6H8O7/c1-4-14-8-17(20(21,22)23)29-18(25-14)9-15(26-29)16-6-5-7-27(16)19(30)13-10-24-28(11-13)12(2)3;7-3(8)1-6(13,5(11)12)2-4(9)10/h9-12,14,16-17,25H,4-8H2,1-3H3;13H,1-2H2,(H,7,8)(H,9,10)(H,11,12)/t14-,16?,17-;/m1./s1. The van der Waals surface area contributed by atoms with Crippen molar-refractivity contribution in [2.24, 2.45) is 0 Å².